The number of para-hydroxylation sites is 1. The van der Waals surface area contributed by atoms with Crippen LogP contribution in [0.25, 0.3) is 0 Å². The van der Waals surface area contributed by atoms with Crippen LogP contribution in [0.1, 0.15) is 30.9 Å². The van der Waals surface area contributed by atoms with Crippen molar-refractivity contribution in [2.45, 2.75) is 38.0 Å². The van der Waals surface area contributed by atoms with Crippen LogP contribution in [0, 0.1) is 5.92 Å². The van der Waals surface area contributed by atoms with Crippen molar-refractivity contribution in [3.05, 3.63) is 63.6 Å². The van der Waals surface area contributed by atoms with Gasteiger partial charge in [-0.2, -0.15) is 0 Å². The predicted octanol–water partition coefficient (Wildman–Crippen LogP) is 4.51. The fourth-order valence-corrected chi connectivity index (χ4v) is 6.74. The van der Waals surface area contributed by atoms with Crippen molar-refractivity contribution < 1.29 is 13.2 Å². The highest BCUT2D eigenvalue weighted by Crippen LogP contribution is 2.35. The van der Waals surface area contributed by atoms with E-state index in [0.29, 0.717) is 41.5 Å². The molecule has 2 aliphatic rings. The van der Waals surface area contributed by atoms with Gasteiger partial charge in [-0.15, -0.1) is 0 Å². The number of sulfonamides is 1. The molecule has 0 radical (unpaired) electrons. The van der Waals surface area contributed by atoms with Crippen LogP contribution in [0.4, 0.5) is 5.69 Å². The number of hydrogen-bond donors (Lipinski definition) is 0. The number of piperidine rings is 1. The van der Waals surface area contributed by atoms with Crippen molar-refractivity contribution >= 4 is 44.8 Å². The summed E-state index contributed by atoms with van der Waals surface area (Å²) in [6, 6.07) is 13.1. The first kappa shape index (κ1) is 21.6. The van der Waals surface area contributed by atoms with Crippen LogP contribution >= 0.6 is 23.2 Å². The van der Waals surface area contributed by atoms with Crippen molar-refractivity contribution in [1.29, 1.82) is 0 Å². The Balaban J connectivity index is 1.43. The Hall–Kier alpha value is -1.60. The van der Waals surface area contributed by atoms with E-state index >= 15 is 0 Å². The van der Waals surface area contributed by atoms with Gasteiger partial charge < -0.3 is 4.90 Å². The van der Waals surface area contributed by atoms with Gasteiger partial charge >= 0.3 is 0 Å². The zero-order chi connectivity index (χ0) is 21.5. The van der Waals surface area contributed by atoms with E-state index in [1.54, 1.807) is 18.2 Å². The molecule has 5 nitrogen and oxygen atoms in total. The fourth-order valence-electron chi connectivity index (χ4n) is 4.42. The zero-order valence-electron chi connectivity index (χ0n) is 16.7. The van der Waals surface area contributed by atoms with Crippen LogP contribution in [0.15, 0.2) is 42.5 Å². The second-order valence-electron chi connectivity index (χ2n) is 8.02. The molecule has 0 bridgehead atoms. The third-order valence-corrected chi connectivity index (χ3v) is 8.54. The van der Waals surface area contributed by atoms with Gasteiger partial charge in [0.25, 0.3) is 0 Å². The first-order valence-corrected chi connectivity index (χ1v) is 12.5. The molecule has 160 valence electrons. The van der Waals surface area contributed by atoms with Gasteiger partial charge in [0, 0.05) is 46.3 Å². The number of anilines is 1. The average Bonchev–Trinajstić information content (AvgIpc) is 3.06. The van der Waals surface area contributed by atoms with Crippen LogP contribution in [0.2, 0.25) is 10.0 Å². The summed E-state index contributed by atoms with van der Waals surface area (Å²) in [7, 11) is -3.57. The molecule has 4 rings (SSSR count). The third kappa shape index (κ3) is 4.11. The van der Waals surface area contributed by atoms with Crippen molar-refractivity contribution in [3.8, 4) is 0 Å². The molecule has 2 aliphatic heterocycles. The number of rotatable bonds is 4. The van der Waals surface area contributed by atoms with Crippen molar-refractivity contribution in [1.82, 2.24) is 4.31 Å². The van der Waals surface area contributed by atoms with E-state index in [0.717, 1.165) is 12.1 Å². The molecule has 2 aromatic carbocycles. The maximum atomic E-state index is 13.2. The van der Waals surface area contributed by atoms with E-state index in [4.69, 9.17) is 23.2 Å². The molecule has 1 amide bonds. The SMILES string of the molecule is CC1Cc2ccccc2N1C(=O)C1CCN(S(=O)(=O)Cc2c(Cl)cccc2Cl)CC1. The summed E-state index contributed by atoms with van der Waals surface area (Å²) in [5.74, 6) is -0.312. The molecule has 30 heavy (non-hydrogen) atoms. The number of carbonyl (C=O) groups is 1. The molecule has 0 aliphatic carbocycles. The van der Waals surface area contributed by atoms with Gasteiger partial charge in [-0.1, -0.05) is 47.5 Å². The van der Waals surface area contributed by atoms with Gasteiger partial charge in [-0.3, -0.25) is 4.79 Å². The van der Waals surface area contributed by atoms with Crippen LogP contribution in [-0.4, -0.2) is 37.8 Å². The number of hydrogen-bond acceptors (Lipinski definition) is 3. The molecule has 0 aromatic heterocycles. The molecule has 2 heterocycles. The van der Waals surface area contributed by atoms with Crippen molar-refractivity contribution in [2.75, 3.05) is 18.0 Å². The summed E-state index contributed by atoms with van der Waals surface area (Å²) in [5.41, 5.74) is 2.59. The van der Waals surface area contributed by atoms with E-state index in [-0.39, 0.29) is 23.6 Å². The normalized spacial score (nSPS) is 20.4. The van der Waals surface area contributed by atoms with Crippen molar-refractivity contribution in [3.63, 3.8) is 0 Å². The highest BCUT2D eigenvalue weighted by molar-refractivity contribution is 7.88. The first-order chi connectivity index (χ1) is 14.3. The highest BCUT2D eigenvalue weighted by atomic mass is 35.5. The molecule has 1 atom stereocenters. The smallest absolute Gasteiger partial charge is 0.230 e. The third-order valence-electron chi connectivity index (χ3n) is 6.03. The minimum atomic E-state index is -3.57. The lowest BCUT2D eigenvalue weighted by Gasteiger charge is -2.34. The van der Waals surface area contributed by atoms with Gasteiger partial charge in [-0.05, 0) is 49.9 Å². The first-order valence-electron chi connectivity index (χ1n) is 10.1. The minimum Gasteiger partial charge on any atom is -0.309 e. The monoisotopic (exact) mass is 466 g/mol. The molecule has 2 aromatic rings. The molecule has 0 saturated carbocycles. The second kappa shape index (κ2) is 8.50. The van der Waals surface area contributed by atoms with Crippen LogP contribution in [0.5, 0.6) is 0 Å². The summed E-state index contributed by atoms with van der Waals surface area (Å²) in [6.45, 7) is 2.71. The Morgan fingerprint density at radius 3 is 2.33 bits per heavy atom. The molecule has 8 heteroatoms. The average molecular weight is 467 g/mol. The Morgan fingerprint density at radius 1 is 1.03 bits per heavy atom. The molecule has 0 N–H and O–H groups in total. The number of nitrogens with zero attached hydrogens (tertiary/aromatic N) is 2. The predicted molar refractivity (Wildman–Crippen MR) is 120 cm³/mol. The Kier molecular flexibility index (Phi) is 6.13. The number of halogens is 2. The van der Waals surface area contributed by atoms with E-state index < -0.39 is 10.0 Å². The van der Waals surface area contributed by atoms with E-state index in [9.17, 15) is 13.2 Å². The Morgan fingerprint density at radius 2 is 1.67 bits per heavy atom. The maximum absolute atomic E-state index is 13.2. The van der Waals surface area contributed by atoms with Gasteiger partial charge in [-0.25, -0.2) is 12.7 Å². The van der Waals surface area contributed by atoms with Gasteiger partial charge in [0.05, 0.1) is 5.75 Å². The lowest BCUT2D eigenvalue weighted by Crippen LogP contribution is -2.46. The Labute approximate surface area is 187 Å². The van der Waals surface area contributed by atoms with Gasteiger partial charge in [0.1, 0.15) is 0 Å². The quantitative estimate of drug-likeness (QED) is 0.665. The summed E-state index contributed by atoms with van der Waals surface area (Å²) in [4.78, 5) is 15.1. The fraction of sp³-hybridized carbons (Fsp3) is 0.409. The second-order valence-corrected chi connectivity index (χ2v) is 10.8. The molecular formula is C22H24Cl2N2O3S. The van der Waals surface area contributed by atoms with E-state index in [1.165, 1.54) is 9.87 Å². The van der Waals surface area contributed by atoms with Gasteiger partial charge in [0.15, 0.2) is 0 Å². The van der Waals surface area contributed by atoms with Crippen LogP contribution in [0.3, 0.4) is 0 Å². The number of amides is 1. The van der Waals surface area contributed by atoms with E-state index in [2.05, 4.69) is 13.0 Å². The summed E-state index contributed by atoms with van der Waals surface area (Å²) in [5, 5.41) is 0.690. The topological polar surface area (TPSA) is 57.7 Å². The van der Waals surface area contributed by atoms with Crippen LogP contribution in [-0.2, 0) is 27.0 Å². The molecule has 1 fully saturated rings. The minimum absolute atomic E-state index is 0.0960. The standard InChI is InChI=1S/C22H24Cl2N2O3S/c1-15-13-17-5-2-3-8-21(17)26(15)22(27)16-9-11-25(12-10-16)30(28,29)14-18-19(23)6-4-7-20(18)24/h2-8,15-16H,9-14H2,1H3. The maximum Gasteiger partial charge on any atom is 0.230 e. The molecule has 1 saturated heterocycles. The number of fused-ring (bicyclic) bond motifs is 1. The zero-order valence-corrected chi connectivity index (χ0v) is 19.1. The molecule has 0 spiro atoms. The summed E-state index contributed by atoms with van der Waals surface area (Å²) >= 11 is 12.3. The largest absolute Gasteiger partial charge is 0.309 e. The number of benzene rings is 2. The molecular weight excluding hydrogens is 443 g/mol. The highest BCUT2D eigenvalue weighted by Gasteiger charge is 2.38. The summed E-state index contributed by atoms with van der Waals surface area (Å²) in [6.07, 6.45) is 1.88. The summed E-state index contributed by atoms with van der Waals surface area (Å²) < 4.78 is 27.3. The Bertz CT molecular complexity index is 1050. The number of carbonyl (C=O) groups excluding carboxylic acids is 1. The lowest BCUT2D eigenvalue weighted by atomic mass is 9.96. The van der Waals surface area contributed by atoms with E-state index in [1.807, 2.05) is 23.1 Å². The lowest BCUT2D eigenvalue weighted by molar-refractivity contribution is -0.123. The molecule has 1 unspecified atom stereocenters. The van der Waals surface area contributed by atoms with Crippen LogP contribution < -0.4 is 4.90 Å². The van der Waals surface area contributed by atoms with Crippen molar-refractivity contribution in [2.24, 2.45) is 5.92 Å². The van der Waals surface area contributed by atoms with Gasteiger partial charge in [0.2, 0.25) is 15.9 Å².